The van der Waals surface area contributed by atoms with Crippen molar-refractivity contribution < 1.29 is 9.53 Å². The molecule has 2 aromatic carbocycles. The molecule has 0 atom stereocenters. The molecule has 5 rings (SSSR count). The number of carbonyl (C=O) groups is 1. The first-order valence-corrected chi connectivity index (χ1v) is 10.9. The minimum atomic E-state index is 0.466. The zero-order chi connectivity index (χ0) is 21.2. The predicted octanol–water partition coefficient (Wildman–Crippen LogP) is 5.46. The number of para-hydroxylation sites is 1. The molecule has 5 aromatic rings. The topological polar surface area (TPSA) is 59.7 Å². The molecule has 0 aliphatic carbocycles. The maximum absolute atomic E-state index is 12.0. The lowest BCUT2D eigenvalue weighted by atomic mass is 10.2. The SMILES string of the molecule is CCc1nc2c(Oc3nc4ccccc4s3)cccn2c1N(C=O)Cc1ccccc1. The molecule has 0 aliphatic rings. The molecule has 6 nitrogen and oxygen atoms in total. The van der Waals surface area contributed by atoms with Crippen molar-refractivity contribution in [3.8, 4) is 10.9 Å². The van der Waals surface area contributed by atoms with Crippen LogP contribution >= 0.6 is 11.3 Å². The maximum atomic E-state index is 12.0. The molecule has 0 N–H and O–H groups in total. The quantitative estimate of drug-likeness (QED) is 0.323. The molecule has 7 heteroatoms. The van der Waals surface area contributed by atoms with Crippen molar-refractivity contribution in [3.05, 3.63) is 84.2 Å². The lowest BCUT2D eigenvalue weighted by Gasteiger charge is -2.18. The summed E-state index contributed by atoms with van der Waals surface area (Å²) in [5, 5.41) is 0.563. The third-order valence-electron chi connectivity index (χ3n) is 5.06. The first-order valence-electron chi connectivity index (χ1n) is 10.1. The zero-order valence-corrected chi connectivity index (χ0v) is 17.7. The van der Waals surface area contributed by atoms with Gasteiger partial charge in [0.05, 0.1) is 22.5 Å². The first kappa shape index (κ1) is 19.3. The Morgan fingerprint density at radius 3 is 2.61 bits per heavy atom. The van der Waals surface area contributed by atoms with Crippen molar-refractivity contribution in [3.63, 3.8) is 0 Å². The van der Waals surface area contributed by atoms with Gasteiger partial charge in [-0.25, -0.2) is 9.97 Å². The normalized spacial score (nSPS) is 11.1. The highest BCUT2D eigenvalue weighted by molar-refractivity contribution is 7.20. The van der Waals surface area contributed by atoms with Gasteiger partial charge in [0.1, 0.15) is 5.82 Å². The summed E-state index contributed by atoms with van der Waals surface area (Å²) in [5.41, 5.74) is 3.45. The average molecular weight is 429 g/mol. The molecule has 31 heavy (non-hydrogen) atoms. The Kier molecular flexibility index (Phi) is 5.09. The van der Waals surface area contributed by atoms with E-state index >= 15 is 0 Å². The number of ether oxygens (including phenoxy) is 1. The minimum Gasteiger partial charge on any atom is -0.427 e. The lowest BCUT2D eigenvalue weighted by Crippen LogP contribution is -2.23. The van der Waals surface area contributed by atoms with E-state index in [1.54, 1.807) is 4.90 Å². The Morgan fingerprint density at radius 1 is 1.03 bits per heavy atom. The fourth-order valence-corrected chi connectivity index (χ4v) is 4.46. The number of amides is 1. The van der Waals surface area contributed by atoms with Crippen LogP contribution in [0.1, 0.15) is 18.2 Å². The number of carbonyl (C=O) groups excluding carboxylic acids is 1. The number of aryl methyl sites for hydroxylation is 1. The number of anilines is 1. The van der Waals surface area contributed by atoms with E-state index in [2.05, 4.69) is 4.98 Å². The number of fused-ring (bicyclic) bond motifs is 2. The van der Waals surface area contributed by atoms with Crippen LogP contribution in [0.3, 0.4) is 0 Å². The minimum absolute atomic E-state index is 0.466. The van der Waals surface area contributed by atoms with Crippen LogP contribution in [0.5, 0.6) is 10.9 Å². The summed E-state index contributed by atoms with van der Waals surface area (Å²) in [6, 6.07) is 21.6. The second kappa shape index (κ2) is 8.20. The van der Waals surface area contributed by atoms with Gasteiger partial charge >= 0.3 is 0 Å². The zero-order valence-electron chi connectivity index (χ0n) is 16.9. The third-order valence-corrected chi connectivity index (χ3v) is 5.97. The summed E-state index contributed by atoms with van der Waals surface area (Å²) in [6.45, 7) is 2.50. The molecule has 3 aromatic heterocycles. The van der Waals surface area contributed by atoms with Gasteiger partial charge < -0.3 is 4.74 Å². The van der Waals surface area contributed by atoms with Crippen molar-refractivity contribution in [1.82, 2.24) is 14.4 Å². The molecule has 0 aliphatic heterocycles. The second-order valence-corrected chi connectivity index (χ2v) is 8.06. The Balaban J connectivity index is 1.56. The number of benzene rings is 2. The number of aromatic nitrogens is 3. The first-order chi connectivity index (χ1) is 15.3. The summed E-state index contributed by atoms with van der Waals surface area (Å²) in [4.78, 5) is 23.1. The second-order valence-electron chi connectivity index (χ2n) is 7.07. The third kappa shape index (κ3) is 3.64. The van der Waals surface area contributed by atoms with Crippen molar-refractivity contribution in [2.24, 2.45) is 0 Å². The van der Waals surface area contributed by atoms with Gasteiger partial charge in [-0.1, -0.05) is 60.7 Å². The molecule has 0 fully saturated rings. The van der Waals surface area contributed by atoms with Gasteiger partial charge in [-0.3, -0.25) is 14.1 Å². The molecule has 0 saturated carbocycles. The van der Waals surface area contributed by atoms with Crippen LogP contribution in [0.15, 0.2) is 72.9 Å². The molecule has 0 saturated heterocycles. The van der Waals surface area contributed by atoms with Crippen LogP contribution in [0.4, 0.5) is 5.82 Å². The number of hydrogen-bond donors (Lipinski definition) is 0. The fourth-order valence-electron chi connectivity index (χ4n) is 3.63. The Bertz CT molecular complexity index is 1330. The number of thiazole rings is 1. The van der Waals surface area contributed by atoms with Gasteiger partial charge in [-0.15, -0.1) is 0 Å². The molecular weight excluding hydrogens is 408 g/mol. The van der Waals surface area contributed by atoms with Crippen LogP contribution in [-0.2, 0) is 17.8 Å². The average Bonchev–Trinajstić information content (AvgIpc) is 3.39. The Hall–Kier alpha value is -3.71. The van der Waals surface area contributed by atoms with Gasteiger partial charge in [-0.2, -0.15) is 0 Å². The van der Waals surface area contributed by atoms with Gasteiger partial charge in [-0.05, 0) is 36.2 Å². The van der Waals surface area contributed by atoms with Crippen molar-refractivity contribution in [1.29, 1.82) is 0 Å². The maximum Gasteiger partial charge on any atom is 0.279 e. The highest BCUT2D eigenvalue weighted by Crippen LogP contribution is 2.35. The fraction of sp³-hybridized carbons (Fsp3) is 0.125. The number of hydrogen-bond acceptors (Lipinski definition) is 5. The summed E-state index contributed by atoms with van der Waals surface area (Å²) in [7, 11) is 0. The summed E-state index contributed by atoms with van der Waals surface area (Å²) < 4.78 is 9.12. The number of pyridine rings is 1. The predicted molar refractivity (Wildman–Crippen MR) is 123 cm³/mol. The highest BCUT2D eigenvalue weighted by atomic mass is 32.1. The lowest BCUT2D eigenvalue weighted by molar-refractivity contribution is -0.107. The van der Waals surface area contributed by atoms with Crippen molar-refractivity contribution >= 4 is 39.4 Å². The van der Waals surface area contributed by atoms with E-state index in [0.717, 1.165) is 33.7 Å². The molecule has 3 heterocycles. The monoisotopic (exact) mass is 428 g/mol. The van der Waals surface area contributed by atoms with E-state index in [4.69, 9.17) is 9.72 Å². The Labute approximate surface area is 183 Å². The molecule has 0 radical (unpaired) electrons. The molecule has 0 bridgehead atoms. The van der Waals surface area contributed by atoms with Crippen LogP contribution in [0.25, 0.3) is 15.9 Å². The van der Waals surface area contributed by atoms with E-state index in [1.165, 1.54) is 11.3 Å². The smallest absolute Gasteiger partial charge is 0.279 e. The molecular formula is C24H20N4O2S. The van der Waals surface area contributed by atoms with Gasteiger partial charge in [0.2, 0.25) is 6.41 Å². The van der Waals surface area contributed by atoms with E-state index in [0.29, 0.717) is 29.6 Å². The van der Waals surface area contributed by atoms with Gasteiger partial charge in [0, 0.05) is 6.20 Å². The van der Waals surface area contributed by atoms with Gasteiger partial charge in [0.15, 0.2) is 11.4 Å². The molecule has 0 spiro atoms. The van der Waals surface area contributed by atoms with E-state index < -0.39 is 0 Å². The Morgan fingerprint density at radius 2 is 1.84 bits per heavy atom. The summed E-state index contributed by atoms with van der Waals surface area (Å²) in [5.74, 6) is 1.36. The highest BCUT2D eigenvalue weighted by Gasteiger charge is 2.20. The van der Waals surface area contributed by atoms with E-state index in [9.17, 15) is 4.79 Å². The van der Waals surface area contributed by atoms with E-state index in [1.807, 2.05) is 84.3 Å². The van der Waals surface area contributed by atoms with Crippen LogP contribution in [-0.4, -0.2) is 20.8 Å². The number of rotatable bonds is 7. The van der Waals surface area contributed by atoms with Crippen LogP contribution in [0.2, 0.25) is 0 Å². The summed E-state index contributed by atoms with van der Waals surface area (Å²) in [6.07, 6.45) is 3.46. The van der Waals surface area contributed by atoms with Crippen molar-refractivity contribution in [2.75, 3.05) is 4.90 Å². The van der Waals surface area contributed by atoms with Crippen LogP contribution in [0, 0.1) is 0 Å². The molecule has 1 amide bonds. The van der Waals surface area contributed by atoms with Crippen molar-refractivity contribution in [2.45, 2.75) is 19.9 Å². The summed E-state index contributed by atoms with van der Waals surface area (Å²) >= 11 is 1.49. The molecule has 154 valence electrons. The van der Waals surface area contributed by atoms with E-state index in [-0.39, 0.29) is 0 Å². The number of imidazole rings is 1. The number of nitrogens with zero attached hydrogens (tertiary/aromatic N) is 4. The standard InChI is InChI=1S/C24H20N4O2S/c1-2-18-23(27(16-29)15-17-9-4-3-5-10-17)28-14-8-12-20(22(28)25-18)30-24-26-19-11-6-7-13-21(19)31-24/h3-14,16H,2,15H2,1H3. The molecule has 0 unspecified atom stereocenters. The van der Waals surface area contributed by atoms with Crippen LogP contribution < -0.4 is 9.64 Å². The van der Waals surface area contributed by atoms with Gasteiger partial charge in [0.25, 0.3) is 5.19 Å². The largest absolute Gasteiger partial charge is 0.427 e.